The van der Waals surface area contributed by atoms with E-state index >= 15 is 0 Å². The first-order chi connectivity index (χ1) is 5.52. The molecule has 0 radical (unpaired) electrons. The van der Waals surface area contributed by atoms with Crippen molar-refractivity contribution in [1.82, 2.24) is 0 Å². The maximum absolute atomic E-state index is 9.33. The minimum atomic E-state index is -0.120. The molecule has 1 aliphatic carbocycles. The molecule has 0 amide bonds. The van der Waals surface area contributed by atoms with Gasteiger partial charge in [0.25, 0.3) is 0 Å². The highest BCUT2D eigenvalue weighted by Gasteiger charge is 2.35. The maximum Gasteiger partial charge on any atom is 0.0515 e. The lowest BCUT2D eigenvalue weighted by Crippen LogP contribution is -2.18. The van der Waals surface area contributed by atoms with Gasteiger partial charge in [0, 0.05) is 0 Å². The molecule has 0 spiro atoms. The van der Waals surface area contributed by atoms with Crippen LogP contribution in [-0.2, 0) is 0 Å². The van der Waals surface area contributed by atoms with Crippen LogP contribution >= 0.6 is 0 Å². The summed E-state index contributed by atoms with van der Waals surface area (Å²) < 4.78 is 0. The van der Waals surface area contributed by atoms with Gasteiger partial charge in [-0.3, -0.25) is 0 Å². The summed E-state index contributed by atoms with van der Waals surface area (Å²) in [5.41, 5.74) is 0. The summed E-state index contributed by atoms with van der Waals surface area (Å²) in [7, 11) is 0. The van der Waals surface area contributed by atoms with Crippen molar-refractivity contribution >= 4 is 0 Å². The van der Waals surface area contributed by atoms with Crippen LogP contribution in [0.2, 0.25) is 0 Å². The lowest BCUT2D eigenvalue weighted by molar-refractivity contribution is 0.134. The maximum atomic E-state index is 9.33. The smallest absolute Gasteiger partial charge is 0.0515 e. The molecule has 1 nitrogen and oxygen atoms in total. The molecular formula is C36H122O. The zero-order valence-corrected chi connectivity index (χ0v) is 8.75. The topological polar surface area (TPSA) is 20.2 Å². The number of hydrogen-bond acceptors (Lipinski definition) is 1. The van der Waals surface area contributed by atoms with Crippen LogP contribution in [0.5, 0.6) is 0 Å². The third-order valence-corrected chi connectivity index (χ3v) is 3.66. The monoisotopic (exact) mass is 571 g/mol. The molecule has 272 valence electrons. The molecule has 0 bridgehead atoms. The minimum absolute atomic E-state index is 0. The molecule has 5 atom stereocenters. The average Bonchev–Trinajstić information content (AvgIpc) is 2.16. The fourth-order valence-electron chi connectivity index (χ4n) is 2.76. The molecule has 0 saturated heterocycles. The van der Waals surface area contributed by atoms with Crippen LogP contribution in [-0.4, -0.2) is 11.2 Å². The summed E-state index contributed by atoms with van der Waals surface area (Å²) in [5, 5.41) is 9.33. The molecule has 1 rings (SSSR count). The predicted molar refractivity (Wildman–Crippen MR) is 220 cm³/mol. The van der Waals surface area contributed by atoms with Crippen molar-refractivity contribution in [3.63, 3.8) is 0 Å². The van der Waals surface area contributed by atoms with Crippen molar-refractivity contribution < 1.29 is 5.11 Å². The Hall–Kier alpha value is -0.0400. The number of rotatable bonds is 2. The average molecular weight is 571 g/mol. The van der Waals surface area contributed by atoms with Gasteiger partial charge in [-0.15, -0.1) is 0 Å². The van der Waals surface area contributed by atoms with E-state index in [-0.39, 0.29) is 192 Å². The quantitative estimate of drug-likeness (QED) is 0.350. The molecule has 1 fully saturated rings. The van der Waals surface area contributed by atoms with E-state index in [0.717, 1.165) is 30.1 Å². The number of aliphatic hydroxyl groups excluding tert-OH is 1. The molecule has 5 unspecified atom stereocenters. The third-order valence-electron chi connectivity index (χ3n) is 3.66. The normalized spacial score (nSPS) is 14.5. The lowest BCUT2D eigenvalue weighted by Gasteiger charge is -2.22. The van der Waals surface area contributed by atoms with E-state index in [0.29, 0.717) is 0 Å². The Kier molecular flexibility index (Phi) is 1380. The Morgan fingerprint density at radius 1 is 0.432 bits per heavy atom. The summed E-state index contributed by atoms with van der Waals surface area (Å²) in [6.45, 7) is 8.90. The molecular weight excluding hydrogens is 448 g/mol. The standard InChI is InChI=1S/C11H22O.25CH4/c1-7-5-8(2)11(10(7)4)6-9(3)12;;;;;;;;;;;;;;;;;;;;;;;;;/h7-12H,5-6H2,1-4H3;25*1H4. The fraction of sp³-hybridized carbons (Fsp3) is 1.00. The highest BCUT2D eigenvalue weighted by atomic mass is 16.3. The van der Waals surface area contributed by atoms with Crippen LogP contribution in [0.25, 0.3) is 0 Å². The highest BCUT2D eigenvalue weighted by Crippen LogP contribution is 2.43. The van der Waals surface area contributed by atoms with E-state index in [1.54, 1.807) is 0 Å². The number of hydrogen-bond donors (Lipinski definition) is 1. The molecule has 0 aromatic carbocycles. The summed E-state index contributed by atoms with van der Waals surface area (Å²) in [4.78, 5) is 0. The molecule has 1 saturated carbocycles. The second-order valence-corrected chi connectivity index (χ2v) is 4.80. The zero-order chi connectivity index (χ0) is 9.30. The van der Waals surface area contributed by atoms with Gasteiger partial charge in [-0.2, -0.15) is 0 Å². The van der Waals surface area contributed by atoms with Gasteiger partial charge in [0.1, 0.15) is 0 Å². The minimum Gasteiger partial charge on any atom is -0.393 e. The predicted octanol–water partition coefficient (Wildman–Crippen LogP) is 18.6. The first kappa shape index (κ1) is 334. The third kappa shape index (κ3) is 104. The van der Waals surface area contributed by atoms with Crippen molar-refractivity contribution in [2.24, 2.45) is 23.7 Å². The Morgan fingerprint density at radius 2 is 0.622 bits per heavy atom. The molecule has 0 aromatic rings. The van der Waals surface area contributed by atoms with Crippen LogP contribution in [0, 0.1) is 23.7 Å². The van der Waals surface area contributed by atoms with Crippen LogP contribution in [0.3, 0.4) is 0 Å². The van der Waals surface area contributed by atoms with Crippen molar-refractivity contribution in [3.8, 4) is 0 Å². The van der Waals surface area contributed by atoms with Crippen molar-refractivity contribution in [2.75, 3.05) is 0 Å². The van der Waals surface area contributed by atoms with Gasteiger partial charge in [0.15, 0.2) is 0 Å². The molecule has 1 aliphatic rings. The van der Waals surface area contributed by atoms with Crippen LogP contribution in [0.4, 0.5) is 0 Å². The fourth-order valence-corrected chi connectivity index (χ4v) is 2.76. The summed E-state index contributed by atoms with van der Waals surface area (Å²) in [6, 6.07) is 0. The molecule has 0 aromatic heterocycles. The SMILES string of the molecule is C.C.C.C.C.C.C.C.C.C.C.C.C.C.C.C.C.C.C.C.C.C.C.C.C.CC(O)CC1C(C)CC(C)C1C. The van der Waals surface area contributed by atoms with Gasteiger partial charge in [0.2, 0.25) is 0 Å². The summed E-state index contributed by atoms with van der Waals surface area (Å²) >= 11 is 0. The van der Waals surface area contributed by atoms with Crippen molar-refractivity contribution in [1.29, 1.82) is 0 Å². The Labute approximate surface area is 260 Å². The Balaban J connectivity index is -0.00000000250. The van der Waals surface area contributed by atoms with Crippen molar-refractivity contribution in [2.45, 2.75) is 232 Å². The van der Waals surface area contributed by atoms with E-state index in [4.69, 9.17) is 0 Å². The van der Waals surface area contributed by atoms with Crippen molar-refractivity contribution in [3.05, 3.63) is 0 Å². The Bertz CT molecular complexity index is 144. The van der Waals surface area contributed by atoms with Crippen LogP contribution < -0.4 is 0 Å². The highest BCUT2D eigenvalue weighted by molar-refractivity contribution is 4.85. The van der Waals surface area contributed by atoms with Gasteiger partial charge < -0.3 is 5.11 Å². The van der Waals surface area contributed by atoms with Gasteiger partial charge in [-0.1, -0.05) is 206 Å². The summed E-state index contributed by atoms with van der Waals surface area (Å²) in [5.74, 6) is 3.21. The Morgan fingerprint density at radius 3 is 0.730 bits per heavy atom. The molecule has 0 heterocycles. The largest absolute Gasteiger partial charge is 0.393 e. The van der Waals surface area contributed by atoms with Gasteiger partial charge in [-0.25, -0.2) is 0 Å². The van der Waals surface area contributed by atoms with E-state index in [1.165, 1.54) is 6.42 Å². The molecule has 37 heavy (non-hydrogen) atoms. The van der Waals surface area contributed by atoms with E-state index in [1.807, 2.05) is 6.92 Å². The van der Waals surface area contributed by atoms with Gasteiger partial charge in [-0.05, 0) is 43.4 Å². The molecule has 0 aliphatic heterocycles. The number of aliphatic hydroxyl groups is 1. The first-order valence-electron chi connectivity index (χ1n) is 5.20. The van der Waals surface area contributed by atoms with Crippen LogP contribution in [0.15, 0.2) is 0 Å². The molecule has 1 N–H and O–H groups in total. The summed E-state index contributed by atoms with van der Waals surface area (Å²) in [6.07, 6.45) is 2.22. The molecule has 1 heteroatoms. The van der Waals surface area contributed by atoms with Gasteiger partial charge >= 0.3 is 0 Å². The van der Waals surface area contributed by atoms with Gasteiger partial charge in [0.05, 0.1) is 6.10 Å². The lowest BCUT2D eigenvalue weighted by atomic mass is 9.85. The van der Waals surface area contributed by atoms with E-state index in [9.17, 15) is 5.11 Å². The first-order valence-corrected chi connectivity index (χ1v) is 5.20. The van der Waals surface area contributed by atoms with Crippen LogP contribution in [0.1, 0.15) is 226 Å². The van der Waals surface area contributed by atoms with E-state index in [2.05, 4.69) is 20.8 Å². The second-order valence-electron chi connectivity index (χ2n) is 4.80. The second kappa shape index (κ2) is 153. The van der Waals surface area contributed by atoms with E-state index < -0.39 is 0 Å². The zero-order valence-electron chi connectivity index (χ0n) is 8.75.